The molecule has 0 aromatic carbocycles. The minimum atomic E-state index is -0.106. The molecule has 4 rings (SSSR count). The normalized spacial score (nSPS) is 18.0. The van der Waals surface area contributed by atoms with Crippen LogP contribution in [0.3, 0.4) is 0 Å². The average molecular weight is 344 g/mol. The molecule has 24 heavy (non-hydrogen) atoms. The van der Waals surface area contributed by atoms with E-state index in [0.29, 0.717) is 30.6 Å². The molecule has 1 unspecified atom stereocenters. The Bertz CT molecular complexity index is 840. The van der Waals surface area contributed by atoms with E-state index in [4.69, 9.17) is 4.42 Å². The molecule has 0 saturated carbocycles. The van der Waals surface area contributed by atoms with Crippen molar-refractivity contribution >= 4 is 17.2 Å². The summed E-state index contributed by atoms with van der Waals surface area (Å²) in [5.74, 6) is 1.07. The first kappa shape index (κ1) is 15.0. The molecule has 1 aliphatic rings. The summed E-state index contributed by atoms with van der Waals surface area (Å²) in [5, 5.41) is 20.0. The molecular formula is C15H16N6O2S. The summed E-state index contributed by atoms with van der Waals surface area (Å²) in [4.78, 5) is 14.3. The Balaban J connectivity index is 1.50. The Morgan fingerprint density at radius 3 is 3.04 bits per heavy atom. The lowest BCUT2D eigenvalue weighted by atomic mass is 9.98. The van der Waals surface area contributed by atoms with Crippen LogP contribution in [0.1, 0.15) is 35.1 Å². The number of carbonyl (C=O) groups is 1. The van der Waals surface area contributed by atoms with Gasteiger partial charge < -0.3 is 9.32 Å². The van der Waals surface area contributed by atoms with Crippen molar-refractivity contribution in [2.75, 3.05) is 13.1 Å². The molecule has 1 saturated heterocycles. The number of carbonyl (C=O) groups excluding carboxylic acids is 1. The number of piperidine rings is 1. The zero-order chi connectivity index (χ0) is 16.5. The van der Waals surface area contributed by atoms with Crippen LogP contribution in [-0.2, 0) is 7.05 Å². The second kappa shape index (κ2) is 6.16. The highest BCUT2D eigenvalue weighted by atomic mass is 32.1. The zero-order valence-corrected chi connectivity index (χ0v) is 13.9. The van der Waals surface area contributed by atoms with Crippen molar-refractivity contribution in [2.24, 2.45) is 7.05 Å². The van der Waals surface area contributed by atoms with Gasteiger partial charge in [-0.2, -0.15) is 11.3 Å². The van der Waals surface area contributed by atoms with Crippen LogP contribution in [0.4, 0.5) is 0 Å². The van der Waals surface area contributed by atoms with Crippen molar-refractivity contribution in [1.29, 1.82) is 0 Å². The van der Waals surface area contributed by atoms with Gasteiger partial charge in [-0.05, 0) is 24.3 Å². The van der Waals surface area contributed by atoms with Gasteiger partial charge in [-0.3, -0.25) is 9.48 Å². The first-order valence-corrected chi connectivity index (χ1v) is 8.66. The number of hydrogen-bond acceptors (Lipinski definition) is 7. The molecule has 0 aliphatic carbocycles. The van der Waals surface area contributed by atoms with E-state index < -0.39 is 0 Å². The van der Waals surface area contributed by atoms with Crippen LogP contribution in [0.25, 0.3) is 11.5 Å². The van der Waals surface area contributed by atoms with Crippen molar-refractivity contribution in [1.82, 2.24) is 30.1 Å². The van der Waals surface area contributed by atoms with Crippen LogP contribution < -0.4 is 0 Å². The maximum atomic E-state index is 12.5. The van der Waals surface area contributed by atoms with Crippen molar-refractivity contribution in [3.63, 3.8) is 0 Å². The van der Waals surface area contributed by atoms with E-state index in [9.17, 15) is 4.79 Å². The highest BCUT2D eigenvalue weighted by Crippen LogP contribution is 2.29. The topological polar surface area (TPSA) is 89.9 Å². The molecule has 124 valence electrons. The lowest BCUT2D eigenvalue weighted by molar-refractivity contribution is 0.0692. The second-order valence-corrected chi connectivity index (χ2v) is 6.61. The van der Waals surface area contributed by atoms with Gasteiger partial charge in [0.15, 0.2) is 5.69 Å². The Labute approximate surface area is 142 Å². The minimum Gasteiger partial charge on any atom is -0.420 e. The Morgan fingerprint density at radius 1 is 1.38 bits per heavy atom. The summed E-state index contributed by atoms with van der Waals surface area (Å²) in [6.45, 7) is 1.26. The third-order valence-corrected chi connectivity index (χ3v) is 4.77. The van der Waals surface area contributed by atoms with E-state index in [2.05, 4.69) is 20.5 Å². The zero-order valence-electron chi connectivity index (χ0n) is 13.1. The molecule has 4 heterocycles. The van der Waals surface area contributed by atoms with Crippen molar-refractivity contribution in [2.45, 2.75) is 18.8 Å². The molecule has 0 bridgehead atoms. The largest absolute Gasteiger partial charge is 0.420 e. The Kier molecular flexibility index (Phi) is 3.85. The maximum Gasteiger partial charge on any atom is 0.276 e. The van der Waals surface area contributed by atoms with Gasteiger partial charge in [0.2, 0.25) is 11.8 Å². The van der Waals surface area contributed by atoms with Gasteiger partial charge in [0, 0.05) is 31.1 Å². The Hall–Kier alpha value is -2.55. The number of nitrogens with zero attached hydrogens (tertiary/aromatic N) is 6. The van der Waals surface area contributed by atoms with Gasteiger partial charge in [0.1, 0.15) is 0 Å². The lowest BCUT2D eigenvalue weighted by Gasteiger charge is -2.30. The van der Waals surface area contributed by atoms with E-state index >= 15 is 0 Å². The molecule has 1 fully saturated rings. The van der Waals surface area contributed by atoms with Crippen LogP contribution in [0, 0.1) is 0 Å². The van der Waals surface area contributed by atoms with Gasteiger partial charge in [-0.1, -0.05) is 5.21 Å². The number of hydrogen-bond donors (Lipinski definition) is 0. The number of aryl methyl sites for hydroxylation is 1. The maximum absolute atomic E-state index is 12.5. The number of thiophene rings is 1. The van der Waals surface area contributed by atoms with Crippen molar-refractivity contribution in [3.8, 4) is 11.5 Å². The van der Waals surface area contributed by atoms with Gasteiger partial charge in [-0.25, -0.2) is 0 Å². The number of amides is 1. The first-order valence-electron chi connectivity index (χ1n) is 7.72. The van der Waals surface area contributed by atoms with Crippen LogP contribution >= 0.6 is 11.3 Å². The summed E-state index contributed by atoms with van der Waals surface area (Å²) in [7, 11) is 1.74. The predicted octanol–water partition coefficient (Wildman–Crippen LogP) is 1.95. The van der Waals surface area contributed by atoms with Crippen LogP contribution in [0.5, 0.6) is 0 Å². The van der Waals surface area contributed by atoms with E-state index in [0.717, 1.165) is 18.4 Å². The molecule has 8 nitrogen and oxygen atoms in total. The van der Waals surface area contributed by atoms with Gasteiger partial charge in [-0.15, -0.1) is 15.3 Å². The molecule has 0 radical (unpaired) electrons. The Morgan fingerprint density at radius 2 is 2.29 bits per heavy atom. The standard InChI is InChI=1S/C15H16N6O2S/c1-20-8-12(16-19-20)15(22)21-5-2-3-10(7-21)13-17-18-14(23-13)11-4-6-24-9-11/h4,6,8-10H,2-3,5,7H2,1H3. The summed E-state index contributed by atoms with van der Waals surface area (Å²) in [5.41, 5.74) is 1.30. The fraction of sp³-hybridized carbons (Fsp3) is 0.400. The third kappa shape index (κ3) is 2.82. The number of rotatable bonds is 3. The molecule has 1 aliphatic heterocycles. The van der Waals surface area contributed by atoms with E-state index in [-0.39, 0.29) is 11.8 Å². The van der Waals surface area contributed by atoms with E-state index in [1.54, 1.807) is 29.5 Å². The fourth-order valence-electron chi connectivity index (χ4n) is 2.87. The smallest absolute Gasteiger partial charge is 0.276 e. The molecular weight excluding hydrogens is 328 g/mol. The predicted molar refractivity (Wildman–Crippen MR) is 86.5 cm³/mol. The highest BCUT2D eigenvalue weighted by Gasteiger charge is 2.30. The average Bonchev–Trinajstić information content (AvgIpc) is 3.35. The lowest BCUT2D eigenvalue weighted by Crippen LogP contribution is -2.39. The first-order chi connectivity index (χ1) is 11.7. The molecule has 0 N–H and O–H groups in total. The molecule has 1 atom stereocenters. The third-order valence-electron chi connectivity index (χ3n) is 4.09. The molecule has 3 aromatic heterocycles. The van der Waals surface area contributed by atoms with Crippen LogP contribution in [0.15, 0.2) is 27.4 Å². The molecule has 0 spiro atoms. The summed E-state index contributed by atoms with van der Waals surface area (Å²) < 4.78 is 7.35. The van der Waals surface area contributed by atoms with E-state index in [1.807, 2.05) is 16.8 Å². The number of likely N-dealkylation sites (tertiary alicyclic amines) is 1. The quantitative estimate of drug-likeness (QED) is 0.721. The summed E-state index contributed by atoms with van der Waals surface area (Å²) in [6, 6.07) is 1.95. The number of aromatic nitrogens is 5. The monoisotopic (exact) mass is 344 g/mol. The van der Waals surface area contributed by atoms with Gasteiger partial charge >= 0.3 is 0 Å². The molecule has 1 amide bonds. The minimum absolute atomic E-state index is 0.0549. The SMILES string of the molecule is Cn1cc(C(=O)N2CCCC(c3nnc(-c4ccsc4)o3)C2)nn1. The van der Waals surface area contributed by atoms with Crippen molar-refractivity contribution in [3.05, 3.63) is 34.6 Å². The molecule has 9 heteroatoms. The van der Waals surface area contributed by atoms with Gasteiger partial charge in [0.25, 0.3) is 5.91 Å². The van der Waals surface area contributed by atoms with Crippen LogP contribution in [-0.4, -0.2) is 49.1 Å². The van der Waals surface area contributed by atoms with Crippen molar-refractivity contribution < 1.29 is 9.21 Å². The highest BCUT2D eigenvalue weighted by molar-refractivity contribution is 7.08. The second-order valence-electron chi connectivity index (χ2n) is 5.83. The fourth-order valence-corrected chi connectivity index (χ4v) is 3.50. The van der Waals surface area contributed by atoms with E-state index in [1.165, 1.54) is 4.68 Å². The summed E-state index contributed by atoms with van der Waals surface area (Å²) >= 11 is 1.59. The molecule has 3 aromatic rings. The summed E-state index contributed by atoms with van der Waals surface area (Å²) in [6.07, 6.45) is 3.45. The van der Waals surface area contributed by atoms with Crippen LogP contribution in [0.2, 0.25) is 0 Å². The van der Waals surface area contributed by atoms with Gasteiger partial charge in [0.05, 0.1) is 12.1 Å².